The number of rotatable bonds is 6. The summed E-state index contributed by atoms with van der Waals surface area (Å²) >= 11 is 0. The third-order valence-electron chi connectivity index (χ3n) is 2.83. The van der Waals surface area contributed by atoms with Crippen molar-refractivity contribution in [2.75, 3.05) is 0 Å². The van der Waals surface area contributed by atoms with Crippen molar-refractivity contribution in [3.8, 4) is 5.75 Å². The first-order chi connectivity index (χ1) is 9.94. The summed E-state index contributed by atoms with van der Waals surface area (Å²) in [6.07, 6.45) is -0.122. The lowest BCUT2D eigenvalue weighted by atomic mass is 9.94. The highest BCUT2D eigenvalue weighted by atomic mass is 32.2. The number of aryl methyl sites for hydroxylation is 1. The van der Waals surface area contributed by atoms with Crippen LogP contribution in [0.4, 0.5) is 13.2 Å². The second-order valence-electron chi connectivity index (χ2n) is 4.87. The van der Waals surface area contributed by atoms with Gasteiger partial charge in [-0.05, 0) is 42.0 Å². The van der Waals surface area contributed by atoms with Gasteiger partial charge in [0, 0.05) is 5.97 Å². The molecule has 1 aromatic rings. The van der Waals surface area contributed by atoms with Crippen molar-refractivity contribution in [3.05, 3.63) is 29.3 Å². The van der Waals surface area contributed by atoms with E-state index in [4.69, 9.17) is 0 Å². The third kappa shape index (κ3) is 4.62. The van der Waals surface area contributed by atoms with Crippen LogP contribution in [0.3, 0.4) is 0 Å². The first-order valence-electron chi connectivity index (χ1n) is 6.27. The quantitative estimate of drug-likeness (QED) is 0.582. The third-order valence-corrected chi connectivity index (χ3v) is 3.81. The average molecular weight is 339 g/mol. The van der Waals surface area contributed by atoms with Crippen molar-refractivity contribution >= 4 is 16.1 Å². The molecule has 0 aliphatic rings. The van der Waals surface area contributed by atoms with E-state index >= 15 is 0 Å². The van der Waals surface area contributed by atoms with E-state index in [2.05, 4.69) is 4.18 Å². The van der Waals surface area contributed by atoms with Crippen LogP contribution in [0.15, 0.2) is 18.2 Å². The Labute approximate surface area is 125 Å². The number of carbonyl (C=O) groups is 1. The van der Waals surface area contributed by atoms with Crippen molar-refractivity contribution in [2.24, 2.45) is 0 Å². The molecule has 0 saturated heterocycles. The molecule has 22 heavy (non-hydrogen) atoms. The Bertz CT molecular complexity index is 650. The van der Waals surface area contributed by atoms with Gasteiger partial charge in [-0.1, -0.05) is 19.9 Å². The van der Waals surface area contributed by atoms with Gasteiger partial charge >= 0.3 is 15.6 Å². The maximum absolute atomic E-state index is 12.3. The molecule has 0 N–H and O–H groups in total. The monoisotopic (exact) mass is 339 g/mol. The summed E-state index contributed by atoms with van der Waals surface area (Å²) in [4.78, 5) is 10.5. The summed E-state index contributed by atoms with van der Waals surface area (Å²) < 4.78 is 62.8. The van der Waals surface area contributed by atoms with Gasteiger partial charge in [-0.25, -0.2) is 0 Å². The lowest BCUT2D eigenvalue weighted by Gasteiger charge is -2.16. The van der Waals surface area contributed by atoms with Gasteiger partial charge in [0.05, 0.1) is 0 Å². The topological polar surface area (TPSA) is 83.5 Å². The molecular formula is C13H14F3O5S-. The second-order valence-corrected chi connectivity index (χ2v) is 6.41. The highest BCUT2D eigenvalue weighted by Crippen LogP contribution is 2.30. The number of carboxylic acid groups (broad SMARTS) is 1. The lowest BCUT2D eigenvalue weighted by Crippen LogP contribution is -2.28. The number of alkyl halides is 3. The molecule has 0 heterocycles. The zero-order chi connectivity index (χ0) is 17.1. The first-order valence-corrected chi connectivity index (χ1v) is 7.68. The van der Waals surface area contributed by atoms with E-state index in [-0.39, 0.29) is 18.8 Å². The SMILES string of the molecule is CC(C)c1cc(OS(=O)(=O)C(F)(F)F)ccc1CCC(=O)[O-]. The Morgan fingerprint density at radius 3 is 2.36 bits per heavy atom. The molecule has 0 aromatic heterocycles. The normalized spacial score (nSPS) is 12.5. The molecule has 0 aliphatic heterocycles. The number of carboxylic acids is 1. The van der Waals surface area contributed by atoms with Crippen LogP contribution in [-0.4, -0.2) is 19.9 Å². The molecule has 0 amide bonds. The molecule has 1 rings (SSSR count). The molecule has 9 heteroatoms. The van der Waals surface area contributed by atoms with Gasteiger partial charge in [-0.2, -0.15) is 21.6 Å². The maximum atomic E-state index is 12.3. The molecule has 0 spiro atoms. The largest absolute Gasteiger partial charge is 0.550 e. The van der Waals surface area contributed by atoms with Crippen molar-refractivity contribution in [3.63, 3.8) is 0 Å². The van der Waals surface area contributed by atoms with E-state index in [1.165, 1.54) is 12.1 Å². The maximum Gasteiger partial charge on any atom is 0.534 e. The lowest BCUT2D eigenvalue weighted by molar-refractivity contribution is -0.305. The Hall–Kier alpha value is -1.77. The minimum atomic E-state index is -5.74. The molecule has 124 valence electrons. The Balaban J connectivity index is 3.11. The molecule has 0 fully saturated rings. The van der Waals surface area contributed by atoms with E-state index in [0.717, 1.165) is 6.07 Å². The van der Waals surface area contributed by atoms with E-state index in [1.807, 2.05) is 0 Å². The van der Waals surface area contributed by atoms with Gasteiger partial charge in [0.1, 0.15) is 5.75 Å². The van der Waals surface area contributed by atoms with E-state index in [0.29, 0.717) is 11.1 Å². The van der Waals surface area contributed by atoms with Gasteiger partial charge < -0.3 is 14.1 Å². The van der Waals surface area contributed by atoms with E-state index in [1.54, 1.807) is 13.8 Å². The zero-order valence-corrected chi connectivity index (χ0v) is 12.6. The Morgan fingerprint density at radius 1 is 1.32 bits per heavy atom. The van der Waals surface area contributed by atoms with Gasteiger partial charge in [-0.3, -0.25) is 0 Å². The fourth-order valence-corrected chi connectivity index (χ4v) is 2.25. The van der Waals surface area contributed by atoms with Crippen LogP contribution in [-0.2, 0) is 21.3 Å². The van der Waals surface area contributed by atoms with Gasteiger partial charge in [0.15, 0.2) is 0 Å². The fraction of sp³-hybridized carbons (Fsp3) is 0.462. The Kier molecular flexibility index (Phi) is 5.44. The summed E-state index contributed by atoms with van der Waals surface area (Å²) in [7, 11) is -5.74. The minimum absolute atomic E-state index is 0.127. The second kappa shape index (κ2) is 6.55. The standard InChI is InChI=1S/C13H15F3O5S/c1-8(2)11-7-10(21-22(19,20)13(14,15)16)5-3-9(11)4-6-12(17)18/h3,5,7-8H,4,6H2,1-2H3,(H,17,18)/p-1. The molecule has 0 unspecified atom stereocenters. The fourth-order valence-electron chi connectivity index (χ4n) is 1.80. The van der Waals surface area contributed by atoms with Crippen LogP contribution in [0.1, 0.15) is 37.3 Å². The molecule has 5 nitrogen and oxygen atoms in total. The summed E-state index contributed by atoms with van der Waals surface area (Å²) in [5, 5.41) is 10.5. The molecule has 0 aliphatic carbocycles. The minimum Gasteiger partial charge on any atom is -0.550 e. The molecule has 0 radical (unpaired) electrons. The predicted octanol–water partition coefficient (Wildman–Crippen LogP) is 1.72. The highest BCUT2D eigenvalue weighted by molar-refractivity contribution is 7.88. The first kappa shape index (κ1) is 18.3. The van der Waals surface area contributed by atoms with Crippen LogP contribution in [0.25, 0.3) is 0 Å². The molecule has 1 aromatic carbocycles. The number of carbonyl (C=O) groups excluding carboxylic acids is 1. The summed E-state index contributed by atoms with van der Waals surface area (Å²) in [6, 6.07) is 3.57. The van der Waals surface area contributed by atoms with Crippen LogP contribution in [0, 0.1) is 0 Å². The van der Waals surface area contributed by atoms with Crippen LogP contribution >= 0.6 is 0 Å². The van der Waals surface area contributed by atoms with Crippen molar-refractivity contribution in [1.29, 1.82) is 0 Å². The van der Waals surface area contributed by atoms with Crippen LogP contribution in [0.5, 0.6) is 5.75 Å². The van der Waals surface area contributed by atoms with E-state index in [9.17, 15) is 31.5 Å². The average Bonchev–Trinajstić information content (AvgIpc) is 2.35. The Morgan fingerprint density at radius 2 is 1.91 bits per heavy atom. The van der Waals surface area contributed by atoms with Gasteiger partial charge in [0.25, 0.3) is 0 Å². The summed E-state index contributed by atoms with van der Waals surface area (Å²) in [6.45, 7) is 3.47. The predicted molar refractivity (Wildman–Crippen MR) is 69.5 cm³/mol. The molecule has 0 saturated carbocycles. The van der Waals surface area contributed by atoms with Gasteiger partial charge in [-0.15, -0.1) is 0 Å². The van der Waals surface area contributed by atoms with Crippen LogP contribution in [0.2, 0.25) is 0 Å². The number of halogens is 3. The molecule has 0 atom stereocenters. The number of benzene rings is 1. The highest BCUT2D eigenvalue weighted by Gasteiger charge is 2.48. The number of aliphatic carboxylic acids is 1. The summed E-state index contributed by atoms with van der Waals surface area (Å²) in [5.41, 5.74) is -4.43. The van der Waals surface area contributed by atoms with Gasteiger partial charge in [0.2, 0.25) is 0 Å². The number of hydrogen-bond acceptors (Lipinski definition) is 5. The summed E-state index contributed by atoms with van der Waals surface area (Å²) in [5.74, 6) is -1.89. The number of hydrogen-bond donors (Lipinski definition) is 0. The smallest absolute Gasteiger partial charge is 0.534 e. The zero-order valence-electron chi connectivity index (χ0n) is 11.8. The van der Waals surface area contributed by atoms with E-state index < -0.39 is 27.3 Å². The van der Waals surface area contributed by atoms with Crippen molar-refractivity contribution < 1.29 is 35.7 Å². The molecule has 0 bridgehead atoms. The van der Waals surface area contributed by atoms with Crippen molar-refractivity contribution in [2.45, 2.75) is 38.1 Å². The molecular weight excluding hydrogens is 325 g/mol. The van der Waals surface area contributed by atoms with Crippen molar-refractivity contribution in [1.82, 2.24) is 0 Å². The van der Waals surface area contributed by atoms with Crippen LogP contribution < -0.4 is 9.29 Å².